The van der Waals surface area contributed by atoms with Gasteiger partial charge in [0.25, 0.3) is 0 Å². The topological polar surface area (TPSA) is 39.9 Å². The van der Waals surface area contributed by atoms with E-state index in [9.17, 15) is 4.39 Å². The number of nitrogens with zero attached hydrogens (tertiary/aromatic N) is 6. The van der Waals surface area contributed by atoms with Crippen LogP contribution in [0.5, 0.6) is 0 Å². The molecule has 0 saturated carbocycles. The van der Waals surface area contributed by atoms with E-state index in [0.717, 1.165) is 56.3 Å². The molecule has 7 heteroatoms. The molecule has 1 aromatic carbocycles. The minimum atomic E-state index is -0.177. The SMILES string of the molecule is Fc1ccc(N2CCN(C3CN(c4nccn5nccc45)C3)CC2)cc1. The monoisotopic (exact) mass is 352 g/mol. The zero-order valence-electron chi connectivity index (χ0n) is 14.5. The van der Waals surface area contributed by atoms with Crippen molar-refractivity contribution < 1.29 is 4.39 Å². The lowest BCUT2D eigenvalue weighted by Gasteiger charge is -2.49. The summed E-state index contributed by atoms with van der Waals surface area (Å²) in [5.74, 6) is 0.843. The summed E-state index contributed by atoms with van der Waals surface area (Å²) in [7, 11) is 0. The molecule has 2 saturated heterocycles. The molecule has 4 heterocycles. The molecule has 0 unspecified atom stereocenters. The zero-order chi connectivity index (χ0) is 17.5. The van der Waals surface area contributed by atoms with Gasteiger partial charge in [0.1, 0.15) is 11.3 Å². The minimum absolute atomic E-state index is 0.177. The van der Waals surface area contributed by atoms with Gasteiger partial charge < -0.3 is 9.80 Å². The highest BCUT2D eigenvalue weighted by atomic mass is 19.1. The molecule has 0 radical (unpaired) electrons. The molecule has 0 bridgehead atoms. The lowest BCUT2D eigenvalue weighted by Crippen LogP contribution is -2.63. The van der Waals surface area contributed by atoms with Crippen molar-refractivity contribution in [2.24, 2.45) is 0 Å². The lowest BCUT2D eigenvalue weighted by atomic mass is 10.1. The molecule has 3 aromatic rings. The predicted molar refractivity (Wildman–Crippen MR) is 99.2 cm³/mol. The number of halogens is 1. The Morgan fingerprint density at radius 3 is 2.42 bits per heavy atom. The first kappa shape index (κ1) is 15.6. The zero-order valence-corrected chi connectivity index (χ0v) is 14.5. The third-order valence-corrected chi connectivity index (χ3v) is 5.49. The van der Waals surface area contributed by atoms with Gasteiger partial charge in [-0.1, -0.05) is 0 Å². The van der Waals surface area contributed by atoms with E-state index in [0.29, 0.717) is 6.04 Å². The fraction of sp³-hybridized carbons (Fsp3) is 0.368. The number of hydrogen-bond donors (Lipinski definition) is 0. The quantitative estimate of drug-likeness (QED) is 0.720. The first-order chi connectivity index (χ1) is 12.8. The largest absolute Gasteiger partial charge is 0.369 e. The van der Waals surface area contributed by atoms with Gasteiger partial charge in [-0.25, -0.2) is 13.9 Å². The van der Waals surface area contributed by atoms with Crippen molar-refractivity contribution in [1.29, 1.82) is 0 Å². The van der Waals surface area contributed by atoms with Crippen LogP contribution in [0.4, 0.5) is 15.9 Å². The smallest absolute Gasteiger partial charge is 0.154 e. The molecule has 0 aliphatic carbocycles. The molecular weight excluding hydrogens is 331 g/mol. The molecule has 6 nitrogen and oxygen atoms in total. The van der Waals surface area contributed by atoms with Gasteiger partial charge in [-0.2, -0.15) is 5.10 Å². The molecule has 0 N–H and O–H groups in total. The highest BCUT2D eigenvalue weighted by Gasteiger charge is 2.35. The Morgan fingerprint density at radius 2 is 1.65 bits per heavy atom. The van der Waals surface area contributed by atoms with Crippen molar-refractivity contribution in [1.82, 2.24) is 19.5 Å². The van der Waals surface area contributed by atoms with Gasteiger partial charge in [0, 0.05) is 63.4 Å². The number of fused-ring (bicyclic) bond motifs is 1. The van der Waals surface area contributed by atoms with Crippen LogP contribution in [0, 0.1) is 5.82 Å². The van der Waals surface area contributed by atoms with Crippen molar-refractivity contribution >= 4 is 17.0 Å². The van der Waals surface area contributed by atoms with Crippen LogP contribution in [-0.4, -0.2) is 64.8 Å². The van der Waals surface area contributed by atoms with Crippen LogP contribution in [0.2, 0.25) is 0 Å². The van der Waals surface area contributed by atoms with E-state index in [-0.39, 0.29) is 5.82 Å². The lowest BCUT2D eigenvalue weighted by molar-refractivity contribution is 0.157. The van der Waals surface area contributed by atoms with E-state index in [1.165, 1.54) is 12.1 Å². The summed E-state index contributed by atoms with van der Waals surface area (Å²) in [4.78, 5) is 11.8. The summed E-state index contributed by atoms with van der Waals surface area (Å²) < 4.78 is 15.0. The van der Waals surface area contributed by atoms with E-state index in [1.54, 1.807) is 0 Å². The van der Waals surface area contributed by atoms with Crippen LogP contribution in [0.15, 0.2) is 48.9 Å². The van der Waals surface area contributed by atoms with Crippen molar-refractivity contribution in [3.63, 3.8) is 0 Å². The Hall–Kier alpha value is -2.67. The summed E-state index contributed by atoms with van der Waals surface area (Å²) in [6, 6.07) is 9.40. The molecule has 0 spiro atoms. The molecular formula is C19H21FN6. The second kappa shape index (κ2) is 6.25. The van der Waals surface area contributed by atoms with Crippen LogP contribution in [0.3, 0.4) is 0 Å². The third-order valence-electron chi connectivity index (χ3n) is 5.49. The van der Waals surface area contributed by atoms with Crippen LogP contribution in [-0.2, 0) is 0 Å². The second-order valence-electron chi connectivity index (χ2n) is 6.97. The third kappa shape index (κ3) is 2.68. The Bertz CT molecular complexity index is 894. The summed E-state index contributed by atoms with van der Waals surface area (Å²) in [6.45, 7) is 6.07. The maximum absolute atomic E-state index is 13.1. The van der Waals surface area contributed by atoms with Crippen LogP contribution in [0.1, 0.15) is 0 Å². The minimum Gasteiger partial charge on any atom is -0.369 e. The average molecular weight is 352 g/mol. The van der Waals surface area contributed by atoms with Crippen LogP contribution >= 0.6 is 0 Å². The van der Waals surface area contributed by atoms with E-state index in [4.69, 9.17) is 0 Å². The second-order valence-corrected chi connectivity index (χ2v) is 6.97. The number of aromatic nitrogens is 3. The van der Waals surface area contributed by atoms with Gasteiger partial charge in [0.15, 0.2) is 5.82 Å². The molecule has 2 aliphatic rings. The average Bonchev–Trinajstić information content (AvgIpc) is 3.11. The molecule has 134 valence electrons. The van der Waals surface area contributed by atoms with Gasteiger partial charge >= 0.3 is 0 Å². The van der Waals surface area contributed by atoms with E-state index in [1.807, 2.05) is 41.3 Å². The molecule has 0 atom stereocenters. The van der Waals surface area contributed by atoms with Crippen molar-refractivity contribution in [2.45, 2.75) is 6.04 Å². The Kier molecular flexibility index (Phi) is 3.74. The van der Waals surface area contributed by atoms with Crippen LogP contribution in [0.25, 0.3) is 5.52 Å². The number of rotatable bonds is 3. The summed E-state index contributed by atoms with van der Waals surface area (Å²) in [5, 5.41) is 4.28. The van der Waals surface area contributed by atoms with Crippen molar-refractivity contribution in [3.05, 3.63) is 54.7 Å². The Morgan fingerprint density at radius 1 is 0.885 bits per heavy atom. The van der Waals surface area contributed by atoms with Gasteiger partial charge in [-0.15, -0.1) is 0 Å². The fourth-order valence-corrected chi connectivity index (χ4v) is 3.94. The fourth-order valence-electron chi connectivity index (χ4n) is 3.94. The van der Waals surface area contributed by atoms with Crippen molar-refractivity contribution in [3.8, 4) is 0 Å². The summed E-state index contributed by atoms with van der Waals surface area (Å²) in [6.07, 6.45) is 5.50. The molecule has 2 aliphatic heterocycles. The summed E-state index contributed by atoms with van der Waals surface area (Å²) in [5.41, 5.74) is 2.17. The predicted octanol–water partition coefficient (Wildman–Crippen LogP) is 1.88. The molecule has 26 heavy (non-hydrogen) atoms. The van der Waals surface area contributed by atoms with Gasteiger partial charge in [0.05, 0.1) is 6.20 Å². The highest BCUT2D eigenvalue weighted by molar-refractivity contribution is 5.69. The first-order valence-electron chi connectivity index (χ1n) is 9.06. The van der Waals surface area contributed by atoms with Gasteiger partial charge in [0.2, 0.25) is 0 Å². The summed E-state index contributed by atoms with van der Waals surface area (Å²) >= 11 is 0. The molecule has 5 rings (SSSR count). The first-order valence-corrected chi connectivity index (χ1v) is 9.06. The number of benzene rings is 1. The number of anilines is 2. The van der Waals surface area contributed by atoms with Gasteiger partial charge in [-0.05, 0) is 30.3 Å². The van der Waals surface area contributed by atoms with E-state index in [2.05, 4.69) is 24.8 Å². The highest BCUT2D eigenvalue weighted by Crippen LogP contribution is 2.27. The van der Waals surface area contributed by atoms with Crippen LogP contribution < -0.4 is 9.80 Å². The molecule has 2 fully saturated rings. The molecule has 0 amide bonds. The number of piperazine rings is 1. The van der Waals surface area contributed by atoms with E-state index < -0.39 is 0 Å². The molecule has 2 aromatic heterocycles. The number of hydrogen-bond acceptors (Lipinski definition) is 5. The Labute approximate surface area is 151 Å². The Balaban J connectivity index is 1.19. The maximum atomic E-state index is 13.1. The van der Waals surface area contributed by atoms with Crippen molar-refractivity contribution in [2.75, 3.05) is 49.1 Å². The van der Waals surface area contributed by atoms with E-state index >= 15 is 0 Å². The van der Waals surface area contributed by atoms with Gasteiger partial charge in [-0.3, -0.25) is 4.90 Å². The standard InChI is InChI=1S/C19H21FN6/c20-15-1-3-16(4-2-15)23-9-11-24(12-10-23)17-13-25(14-17)19-18-5-6-22-26(18)8-7-21-19/h1-8,17H,9-14H2. The maximum Gasteiger partial charge on any atom is 0.154 e. The normalized spacial score (nSPS) is 19.1.